The van der Waals surface area contributed by atoms with Gasteiger partial charge in [-0.2, -0.15) is 0 Å². The third kappa shape index (κ3) is 2.80. The minimum atomic E-state index is -0.610. The van der Waals surface area contributed by atoms with Crippen LogP contribution < -0.4 is 0 Å². The number of ketones is 2. The Hall–Kier alpha value is -2.34. The third-order valence-corrected chi connectivity index (χ3v) is 4.96. The number of rotatable bonds is 4. The fourth-order valence-corrected chi connectivity index (χ4v) is 3.60. The van der Waals surface area contributed by atoms with Gasteiger partial charge >= 0.3 is 0 Å². The summed E-state index contributed by atoms with van der Waals surface area (Å²) in [5.74, 6) is -1.98. The van der Waals surface area contributed by atoms with Crippen molar-refractivity contribution in [2.24, 2.45) is 0 Å². The summed E-state index contributed by atoms with van der Waals surface area (Å²) in [6, 6.07) is 4.17. The molecule has 6 heteroatoms. The van der Waals surface area contributed by atoms with Crippen LogP contribution in [0.2, 0.25) is 0 Å². The molecule has 0 heterocycles. The van der Waals surface area contributed by atoms with Crippen molar-refractivity contribution in [1.29, 1.82) is 0 Å². The van der Waals surface area contributed by atoms with Crippen molar-refractivity contribution in [3.8, 4) is 17.2 Å². The molecule has 130 valence electrons. The number of hydrogen-bond donors (Lipinski definition) is 3. The van der Waals surface area contributed by atoms with Gasteiger partial charge in [0.1, 0.15) is 17.2 Å². The quantitative estimate of drug-likeness (QED) is 0.456. The van der Waals surface area contributed by atoms with Crippen LogP contribution in [0.1, 0.15) is 55.8 Å². The average Bonchev–Trinajstić information content (AvgIpc) is 2.54. The van der Waals surface area contributed by atoms with Crippen molar-refractivity contribution in [3.63, 3.8) is 0 Å². The average molecular weight is 405 g/mol. The number of halogens is 1. The van der Waals surface area contributed by atoms with Gasteiger partial charge < -0.3 is 15.3 Å². The van der Waals surface area contributed by atoms with Crippen molar-refractivity contribution in [2.45, 2.75) is 26.2 Å². The lowest BCUT2D eigenvalue weighted by Gasteiger charge is -2.22. The second-order valence-corrected chi connectivity index (χ2v) is 6.95. The predicted octanol–water partition coefficient (Wildman–Crippen LogP) is 3.60. The number of carbonyl (C=O) groups is 2. The van der Waals surface area contributed by atoms with Crippen LogP contribution in [0.5, 0.6) is 17.2 Å². The highest BCUT2D eigenvalue weighted by Crippen LogP contribution is 2.42. The SMILES string of the molecule is Cc1cc(O)c2c(c1)C(=O)c1cc(O)c(CCCCBr)c(O)c1C2=O. The Morgan fingerprint density at radius 2 is 1.56 bits per heavy atom. The second kappa shape index (κ2) is 6.52. The topological polar surface area (TPSA) is 94.8 Å². The van der Waals surface area contributed by atoms with Gasteiger partial charge in [-0.1, -0.05) is 15.9 Å². The second-order valence-electron chi connectivity index (χ2n) is 6.16. The van der Waals surface area contributed by atoms with E-state index in [9.17, 15) is 24.9 Å². The van der Waals surface area contributed by atoms with E-state index in [0.29, 0.717) is 18.4 Å². The van der Waals surface area contributed by atoms with Crippen LogP contribution in [0.4, 0.5) is 0 Å². The van der Waals surface area contributed by atoms with Crippen LogP contribution in [0.3, 0.4) is 0 Å². The van der Waals surface area contributed by atoms with Crippen LogP contribution in [0.25, 0.3) is 0 Å². The molecular formula is C19H17BrO5. The molecular weight excluding hydrogens is 388 g/mol. The molecule has 1 aliphatic carbocycles. The Kier molecular flexibility index (Phi) is 4.56. The molecule has 3 N–H and O–H groups in total. The van der Waals surface area contributed by atoms with E-state index in [2.05, 4.69) is 15.9 Å². The van der Waals surface area contributed by atoms with Crippen LogP contribution in [-0.4, -0.2) is 32.2 Å². The van der Waals surface area contributed by atoms with E-state index in [0.717, 1.165) is 11.8 Å². The van der Waals surface area contributed by atoms with Crippen molar-refractivity contribution in [2.75, 3.05) is 5.33 Å². The van der Waals surface area contributed by atoms with Crippen LogP contribution >= 0.6 is 15.9 Å². The maximum atomic E-state index is 12.8. The Morgan fingerprint density at radius 1 is 0.880 bits per heavy atom. The summed E-state index contributed by atoms with van der Waals surface area (Å²) in [4.78, 5) is 25.6. The molecule has 0 aromatic heterocycles. The van der Waals surface area contributed by atoms with Crippen LogP contribution in [-0.2, 0) is 6.42 Å². The molecule has 0 unspecified atom stereocenters. The maximum absolute atomic E-state index is 12.8. The highest BCUT2D eigenvalue weighted by molar-refractivity contribution is 9.09. The van der Waals surface area contributed by atoms with Crippen molar-refractivity contribution in [1.82, 2.24) is 0 Å². The van der Waals surface area contributed by atoms with Gasteiger partial charge in [0.05, 0.1) is 11.1 Å². The van der Waals surface area contributed by atoms with Gasteiger partial charge in [-0.05, 0) is 49.9 Å². The van der Waals surface area contributed by atoms with Crippen molar-refractivity contribution < 1.29 is 24.9 Å². The lowest BCUT2D eigenvalue weighted by atomic mass is 9.81. The largest absolute Gasteiger partial charge is 0.508 e. The van der Waals surface area contributed by atoms with Gasteiger partial charge in [-0.15, -0.1) is 0 Å². The predicted molar refractivity (Wildman–Crippen MR) is 96.2 cm³/mol. The summed E-state index contributed by atoms with van der Waals surface area (Å²) in [5, 5.41) is 31.7. The van der Waals surface area contributed by atoms with Gasteiger partial charge in [0.25, 0.3) is 0 Å². The Labute approximate surface area is 153 Å². The van der Waals surface area contributed by atoms with Gasteiger partial charge in [0.2, 0.25) is 5.78 Å². The normalized spacial score (nSPS) is 12.9. The Balaban J connectivity index is 2.19. The number of hydrogen-bond acceptors (Lipinski definition) is 5. The molecule has 0 fully saturated rings. The van der Waals surface area contributed by atoms with Gasteiger partial charge in [0.15, 0.2) is 5.78 Å². The number of alkyl halides is 1. The zero-order valence-electron chi connectivity index (χ0n) is 13.6. The molecule has 25 heavy (non-hydrogen) atoms. The van der Waals surface area contributed by atoms with Crippen LogP contribution in [0.15, 0.2) is 18.2 Å². The van der Waals surface area contributed by atoms with E-state index in [4.69, 9.17) is 0 Å². The molecule has 5 nitrogen and oxygen atoms in total. The standard InChI is InChI=1S/C19H17BrO5/c1-9-6-11-15(14(22)7-9)19(25)16-12(17(11)23)8-13(21)10(18(16)24)4-2-3-5-20/h6-8,21-22,24H,2-5H2,1H3. The maximum Gasteiger partial charge on any atom is 0.201 e. The molecule has 3 rings (SSSR count). The number of fused-ring (bicyclic) bond motifs is 2. The lowest BCUT2D eigenvalue weighted by molar-refractivity contribution is 0.0973. The first-order valence-electron chi connectivity index (χ1n) is 7.93. The molecule has 0 aliphatic heterocycles. The number of phenolic OH excluding ortho intramolecular Hbond substituents is 3. The van der Waals surface area contributed by atoms with E-state index < -0.39 is 11.6 Å². The molecule has 0 atom stereocenters. The van der Waals surface area contributed by atoms with E-state index in [1.807, 2.05) is 0 Å². The number of aryl methyl sites for hydroxylation is 1. The van der Waals surface area contributed by atoms with E-state index in [1.165, 1.54) is 18.2 Å². The minimum Gasteiger partial charge on any atom is -0.508 e. The highest BCUT2D eigenvalue weighted by atomic mass is 79.9. The molecule has 0 bridgehead atoms. The van der Waals surface area contributed by atoms with E-state index in [-0.39, 0.29) is 45.1 Å². The van der Waals surface area contributed by atoms with Gasteiger partial charge in [-0.25, -0.2) is 0 Å². The summed E-state index contributed by atoms with van der Waals surface area (Å²) in [5.41, 5.74) is 0.679. The number of aromatic hydroxyl groups is 3. The van der Waals surface area contributed by atoms with Gasteiger partial charge in [-0.3, -0.25) is 9.59 Å². The fourth-order valence-electron chi connectivity index (χ4n) is 3.20. The number of benzene rings is 2. The molecule has 0 amide bonds. The number of unbranched alkanes of at least 4 members (excludes halogenated alkanes) is 1. The van der Waals surface area contributed by atoms with Crippen molar-refractivity contribution >= 4 is 27.5 Å². The van der Waals surface area contributed by atoms with Gasteiger partial charge in [0, 0.05) is 22.0 Å². The molecule has 2 aromatic carbocycles. The summed E-state index contributed by atoms with van der Waals surface area (Å²) in [6.45, 7) is 1.70. The molecule has 2 aromatic rings. The first-order chi connectivity index (χ1) is 11.9. The Morgan fingerprint density at radius 3 is 2.24 bits per heavy atom. The summed E-state index contributed by atoms with van der Waals surface area (Å²) >= 11 is 3.32. The Bertz CT molecular complexity index is 901. The third-order valence-electron chi connectivity index (χ3n) is 4.40. The minimum absolute atomic E-state index is 0.0401. The monoisotopic (exact) mass is 404 g/mol. The van der Waals surface area contributed by atoms with E-state index in [1.54, 1.807) is 6.92 Å². The highest BCUT2D eigenvalue weighted by Gasteiger charge is 2.36. The summed E-state index contributed by atoms with van der Waals surface area (Å²) in [7, 11) is 0. The fraction of sp³-hybridized carbons (Fsp3) is 0.263. The summed E-state index contributed by atoms with van der Waals surface area (Å²) in [6.07, 6.45) is 1.92. The molecule has 0 saturated heterocycles. The number of carbonyl (C=O) groups excluding carboxylic acids is 2. The smallest absolute Gasteiger partial charge is 0.201 e. The van der Waals surface area contributed by atoms with E-state index >= 15 is 0 Å². The van der Waals surface area contributed by atoms with Crippen molar-refractivity contribution in [3.05, 3.63) is 51.6 Å². The zero-order chi connectivity index (χ0) is 18.3. The number of phenols is 3. The molecule has 0 radical (unpaired) electrons. The first-order valence-corrected chi connectivity index (χ1v) is 9.05. The zero-order valence-corrected chi connectivity index (χ0v) is 15.2. The summed E-state index contributed by atoms with van der Waals surface area (Å²) < 4.78 is 0. The molecule has 0 saturated carbocycles. The lowest BCUT2D eigenvalue weighted by Crippen LogP contribution is -2.22. The molecule has 0 spiro atoms. The van der Waals surface area contributed by atoms with Crippen LogP contribution in [0, 0.1) is 6.92 Å². The first kappa shape index (κ1) is 17.5. The molecule has 1 aliphatic rings.